The lowest BCUT2D eigenvalue weighted by Gasteiger charge is -2.10. The van der Waals surface area contributed by atoms with E-state index in [9.17, 15) is 4.79 Å². The lowest BCUT2D eigenvalue weighted by atomic mass is 10.2. The third-order valence-corrected chi connectivity index (χ3v) is 3.17. The third-order valence-electron chi connectivity index (χ3n) is 3.17. The van der Waals surface area contributed by atoms with Gasteiger partial charge in [0.25, 0.3) is 0 Å². The quantitative estimate of drug-likeness (QED) is 0.692. The fourth-order valence-corrected chi connectivity index (χ4v) is 2.04. The van der Waals surface area contributed by atoms with Crippen LogP contribution in [0, 0.1) is 5.92 Å². The van der Waals surface area contributed by atoms with Crippen molar-refractivity contribution >= 4 is 5.97 Å². The number of carboxylic acid groups (broad SMARTS) is 1. The second-order valence-electron chi connectivity index (χ2n) is 4.86. The van der Waals surface area contributed by atoms with Gasteiger partial charge in [0.2, 0.25) is 11.7 Å². The van der Waals surface area contributed by atoms with Crippen LogP contribution in [-0.4, -0.2) is 27.8 Å². The molecule has 1 aromatic rings. The Hall–Kier alpha value is -1.43. The molecule has 1 fully saturated rings. The molecule has 0 bridgehead atoms. The fourth-order valence-electron chi connectivity index (χ4n) is 2.04. The van der Waals surface area contributed by atoms with Gasteiger partial charge in [0.1, 0.15) is 6.10 Å². The molecule has 0 amide bonds. The molecule has 1 unspecified atom stereocenters. The summed E-state index contributed by atoms with van der Waals surface area (Å²) in [6.07, 6.45) is 4.47. The normalized spacial score (nSPS) is 16.5. The molecule has 0 aromatic carbocycles. The van der Waals surface area contributed by atoms with Crippen molar-refractivity contribution in [1.29, 1.82) is 0 Å². The molecular weight excluding hydrogens is 248 g/mol. The number of ether oxygens (including phenoxy) is 1. The largest absolute Gasteiger partial charge is 0.481 e. The number of hydrogen-bond donors (Lipinski definition) is 1. The first-order valence-corrected chi connectivity index (χ1v) is 6.86. The molecular formula is C13H20N2O4. The molecule has 0 aliphatic heterocycles. The van der Waals surface area contributed by atoms with Crippen molar-refractivity contribution in [2.75, 3.05) is 6.61 Å². The van der Waals surface area contributed by atoms with Gasteiger partial charge in [-0.05, 0) is 38.5 Å². The Kier molecular flexibility index (Phi) is 4.90. The molecule has 1 atom stereocenters. The Bertz CT molecular complexity index is 415. The first-order valence-electron chi connectivity index (χ1n) is 6.86. The zero-order valence-corrected chi connectivity index (χ0v) is 11.2. The van der Waals surface area contributed by atoms with Gasteiger partial charge in [0.05, 0.1) is 0 Å². The highest BCUT2D eigenvalue weighted by Gasteiger charge is 2.36. The Morgan fingerprint density at radius 3 is 2.95 bits per heavy atom. The Morgan fingerprint density at radius 2 is 2.32 bits per heavy atom. The maximum atomic E-state index is 10.4. The van der Waals surface area contributed by atoms with Crippen LogP contribution >= 0.6 is 0 Å². The molecule has 1 aliphatic carbocycles. The van der Waals surface area contributed by atoms with Gasteiger partial charge >= 0.3 is 5.97 Å². The first kappa shape index (κ1) is 14.0. The lowest BCUT2D eigenvalue weighted by Crippen LogP contribution is -2.08. The molecule has 2 rings (SSSR count). The molecule has 0 saturated heterocycles. The van der Waals surface area contributed by atoms with E-state index >= 15 is 0 Å². The summed E-state index contributed by atoms with van der Waals surface area (Å²) >= 11 is 0. The van der Waals surface area contributed by atoms with Crippen molar-refractivity contribution in [1.82, 2.24) is 10.1 Å². The molecule has 19 heavy (non-hydrogen) atoms. The summed E-state index contributed by atoms with van der Waals surface area (Å²) in [6.45, 7) is 2.60. The van der Waals surface area contributed by atoms with Crippen molar-refractivity contribution in [3.05, 3.63) is 11.7 Å². The van der Waals surface area contributed by atoms with Gasteiger partial charge in [0.15, 0.2) is 0 Å². The van der Waals surface area contributed by atoms with Crippen LogP contribution in [0.1, 0.15) is 56.8 Å². The zero-order chi connectivity index (χ0) is 13.7. The van der Waals surface area contributed by atoms with E-state index in [-0.39, 0.29) is 12.5 Å². The Labute approximate surface area is 112 Å². The van der Waals surface area contributed by atoms with Crippen molar-refractivity contribution in [2.45, 2.75) is 51.6 Å². The number of aliphatic carboxylic acids is 1. The highest BCUT2D eigenvalue weighted by atomic mass is 16.5. The fraction of sp³-hybridized carbons (Fsp3) is 0.769. The van der Waals surface area contributed by atoms with Crippen LogP contribution in [0.5, 0.6) is 0 Å². The zero-order valence-electron chi connectivity index (χ0n) is 11.2. The van der Waals surface area contributed by atoms with Gasteiger partial charge in [-0.2, -0.15) is 4.98 Å². The molecule has 6 nitrogen and oxygen atoms in total. The minimum atomic E-state index is -0.767. The van der Waals surface area contributed by atoms with E-state index < -0.39 is 5.97 Å². The van der Waals surface area contributed by atoms with Gasteiger partial charge in [-0.1, -0.05) is 5.16 Å². The van der Waals surface area contributed by atoms with Crippen LogP contribution in [0.2, 0.25) is 0 Å². The van der Waals surface area contributed by atoms with E-state index in [4.69, 9.17) is 14.4 Å². The maximum absolute atomic E-state index is 10.4. The minimum absolute atomic E-state index is 0.0403. The van der Waals surface area contributed by atoms with E-state index in [1.54, 1.807) is 0 Å². The number of aryl methyl sites for hydroxylation is 1. The van der Waals surface area contributed by atoms with Crippen molar-refractivity contribution in [3.8, 4) is 0 Å². The lowest BCUT2D eigenvalue weighted by molar-refractivity contribution is -0.137. The average Bonchev–Trinajstić information content (AvgIpc) is 3.11. The second kappa shape index (κ2) is 6.65. The van der Waals surface area contributed by atoms with Gasteiger partial charge in [-0.15, -0.1) is 0 Å². The number of unbranched alkanes of at least 4 members (excludes halogenated alkanes) is 1. The van der Waals surface area contributed by atoms with Crippen molar-refractivity contribution in [3.63, 3.8) is 0 Å². The molecule has 1 aromatic heterocycles. The summed E-state index contributed by atoms with van der Waals surface area (Å²) < 4.78 is 10.8. The topological polar surface area (TPSA) is 85.5 Å². The van der Waals surface area contributed by atoms with Crippen LogP contribution in [0.25, 0.3) is 0 Å². The van der Waals surface area contributed by atoms with E-state index in [0.29, 0.717) is 37.1 Å². The minimum Gasteiger partial charge on any atom is -0.481 e. The molecule has 1 heterocycles. The number of aromatic nitrogens is 2. The summed E-state index contributed by atoms with van der Waals surface area (Å²) in [4.78, 5) is 14.7. The predicted molar refractivity (Wildman–Crippen MR) is 66.6 cm³/mol. The van der Waals surface area contributed by atoms with Gasteiger partial charge < -0.3 is 14.4 Å². The summed E-state index contributed by atoms with van der Waals surface area (Å²) in [5, 5.41) is 12.5. The summed E-state index contributed by atoms with van der Waals surface area (Å²) in [5.74, 6) is 0.970. The van der Waals surface area contributed by atoms with Crippen molar-refractivity contribution < 1.29 is 19.2 Å². The van der Waals surface area contributed by atoms with E-state index in [1.165, 1.54) is 0 Å². The van der Waals surface area contributed by atoms with Crippen LogP contribution in [0.15, 0.2) is 4.52 Å². The molecule has 106 valence electrons. The van der Waals surface area contributed by atoms with Gasteiger partial charge in [-0.25, -0.2) is 0 Å². The van der Waals surface area contributed by atoms with Crippen LogP contribution in [0.3, 0.4) is 0 Å². The van der Waals surface area contributed by atoms with Gasteiger partial charge in [-0.3, -0.25) is 4.79 Å². The van der Waals surface area contributed by atoms with E-state index in [1.807, 2.05) is 6.92 Å². The molecule has 1 aliphatic rings. The molecule has 0 spiro atoms. The molecule has 0 radical (unpaired) electrons. The summed E-state index contributed by atoms with van der Waals surface area (Å²) in [6, 6.07) is 0. The number of rotatable bonds is 9. The number of carboxylic acids is 1. The number of hydrogen-bond acceptors (Lipinski definition) is 5. The standard InChI is InChI=1S/C13H20N2O4/c1-2-18-12(9-7-8-9)13-14-10(19-15-13)5-3-4-6-11(16)17/h9,12H,2-8H2,1H3,(H,16,17). The third kappa shape index (κ3) is 4.31. The molecule has 1 N–H and O–H groups in total. The smallest absolute Gasteiger partial charge is 0.303 e. The van der Waals surface area contributed by atoms with Crippen LogP contribution < -0.4 is 0 Å². The highest BCUT2D eigenvalue weighted by molar-refractivity contribution is 5.66. The van der Waals surface area contributed by atoms with Crippen molar-refractivity contribution in [2.24, 2.45) is 5.92 Å². The first-order chi connectivity index (χ1) is 9.20. The second-order valence-corrected chi connectivity index (χ2v) is 4.86. The monoisotopic (exact) mass is 268 g/mol. The maximum Gasteiger partial charge on any atom is 0.303 e. The number of nitrogens with zero attached hydrogens (tertiary/aromatic N) is 2. The van der Waals surface area contributed by atoms with Gasteiger partial charge in [0, 0.05) is 19.4 Å². The van der Waals surface area contributed by atoms with Crippen LogP contribution in [0.4, 0.5) is 0 Å². The van der Waals surface area contributed by atoms with Crippen LogP contribution in [-0.2, 0) is 16.0 Å². The van der Waals surface area contributed by atoms with E-state index in [0.717, 1.165) is 19.3 Å². The molecule has 6 heteroatoms. The summed E-state index contributed by atoms with van der Waals surface area (Å²) in [7, 11) is 0. The SMILES string of the molecule is CCOC(c1noc(CCCCC(=O)O)n1)C1CC1. The highest BCUT2D eigenvalue weighted by Crippen LogP contribution is 2.42. The average molecular weight is 268 g/mol. The summed E-state index contributed by atoms with van der Waals surface area (Å²) in [5.41, 5.74) is 0. The number of carbonyl (C=O) groups is 1. The molecule has 1 saturated carbocycles. The Morgan fingerprint density at radius 1 is 1.53 bits per heavy atom. The Balaban J connectivity index is 1.81. The van der Waals surface area contributed by atoms with E-state index in [2.05, 4.69) is 10.1 Å². The predicted octanol–water partition coefficient (Wildman–Crippen LogP) is 2.35.